The number of rotatable bonds is 4. The van der Waals surface area contributed by atoms with E-state index in [1.807, 2.05) is 18.2 Å². The smallest absolute Gasteiger partial charge is 0.246 e. The second kappa shape index (κ2) is 8.19. The van der Waals surface area contributed by atoms with Crippen molar-refractivity contribution >= 4 is 17.7 Å². The van der Waals surface area contributed by atoms with Crippen LogP contribution in [0.1, 0.15) is 62.6 Å². The second-order valence-electron chi connectivity index (χ2n) is 9.82. The minimum atomic E-state index is -1.62. The molecule has 2 saturated heterocycles. The molecule has 0 saturated carbocycles. The SMILES string of the molecule is CC(C)c1cccc2c1CN(C(=O)C[C@@H]1C[C@@H](C(=O)N3CC(C)(F)C[C@H]3C#N)NC1=O)C2. The number of halogens is 1. The summed E-state index contributed by atoms with van der Waals surface area (Å²) < 4.78 is 14.4. The van der Waals surface area contributed by atoms with Crippen LogP contribution in [-0.4, -0.2) is 51.8 Å². The van der Waals surface area contributed by atoms with Gasteiger partial charge in [0.1, 0.15) is 17.8 Å². The highest BCUT2D eigenvalue weighted by atomic mass is 19.1. The van der Waals surface area contributed by atoms with Crippen LogP contribution in [0.15, 0.2) is 18.2 Å². The minimum absolute atomic E-state index is 0.0309. The molecular weight excluding hydrogens is 411 g/mol. The summed E-state index contributed by atoms with van der Waals surface area (Å²) in [6.45, 7) is 6.53. The number of carbonyl (C=O) groups is 3. The third-order valence-electron chi connectivity index (χ3n) is 6.85. The van der Waals surface area contributed by atoms with Crippen LogP contribution in [0.4, 0.5) is 4.39 Å². The number of hydrogen-bond donors (Lipinski definition) is 1. The fraction of sp³-hybridized carbons (Fsp3) is 0.583. The summed E-state index contributed by atoms with van der Waals surface area (Å²) in [5.74, 6) is -1.15. The third kappa shape index (κ3) is 4.08. The molecule has 0 aromatic heterocycles. The molecule has 0 aliphatic carbocycles. The Bertz CT molecular complexity index is 999. The van der Waals surface area contributed by atoms with Crippen LogP contribution in [0.2, 0.25) is 0 Å². The molecule has 1 N–H and O–H groups in total. The summed E-state index contributed by atoms with van der Waals surface area (Å²) in [7, 11) is 0. The molecule has 1 aromatic rings. The highest BCUT2D eigenvalue weighted by molar-refractivity contribution is 5.94. The lowest BCUT2D eigenvalue weighted by Gasteiger charge is -2.23. The fourth-order valence-electron chi connectivity index (χ4n) is 5.17. The van der Waals surface area contributed by atoms with Crippen molar-refractivity contribution in [3.63, 3.8) is 0 Å². The number of fused-ring (bicyclic) bond motifs is 1. The van der Waals surface area contributed by atoms with Crippen LogP contribution in [0.3, 0.4) is 0 Å². The van der Waals surface area contributed by atoms with Gasteiger partial charge < -0.3 is 15.1 Å². The Labute approximate surface area is 187 Å². The van der Waals surface area contributed by atoms with E-state index in [0.717, 1.165) is 5.56 Å². The molecule has 0 bridgehead atoms. The molecule has 3 aliphatic rings. The van der Waals surface area contributed by atoms with E-state index in [1.54, 1.807) is 4.90 Å². The standard InChI is InChI=1S/C24H29FN4O3/c1-14(2)18-6-4-5-15-11-28(12-19(15)18)21(30)8-16-7-20(27-22(16)31)23(32)29-13-24(3,25)9-17(29)10-26/h4-6,14,16-17,20H,7-9,11-13H2,1-3H3,(H,27,31)/t16-,17-,20-,24?/m0/s1. The van der Waals surface area contributed by atoms with Gasteiger partial charge >= 0.3 is 0 Å². The van der Waals surface area contributed by atoms with Crippen LogP contribution in [0.25, 0.3) is 0 Å². The number of likely N-dealkylation sites (tertiary alicyclic amines) is 1. The van der Waals surface area contributed by atoms with Gasteiger partial charge in [-0.25, -0.2) is 4.39 Å². The summed E-state index contributed by atoms with van der Waals surface area (Å²) in [5, 5.41) is 11.9. The molecule has 3 amide bonds. The van der Waals surface area contributed by atoms with Crippen LogP contribution < -0.4 is 5.32 Å². The summed E-state index contributed by atoms with van der Waals surface area (Å²) >= 11 is 0. The third-order valence-corrected chi connectivity index (χ3v) is 6.85. The van der Waals surface area contributed by atoms with Gasteiger partial charge in [0.2, 0.25) is 17.7 Å². The van der Waals surface area contributed by atoms with E-state index in [4.69, 9.17) is 0 Å². The normalized spacial score (nSPS) is 29.2. The second-order valence-corrected chi connectivity index (χ2v) is 9.82. The first-order chi connectivity index (χ1) is 15.1. The molecule has 3 aliphatic heterocycles. The van der Waals surface area contributed by atoms with E-state index in [1.165, 1.54) is 23.0 Å². The molecule has 0 radical (unpaired) electrons. The number of nitrogens with zero attached hydrogens (tertiary/aromatic N) is 3. The number of benzene rings is 1. The van der Waals surface area contributed by atoms with Gasteiger partial charge in [-0.3, -0.25) is 14.4 Å². The Kier molecular flexibility index (Phi) is 5.70. The van der Waals surface area contributed by atoms with Crippen LogP contribution in [0.5, 0.6) is 0 Å². The van der Waals surface area contributed by atoms with E-state index in [9.17, 15) is 24.0 Å². The first-order valence-corrected chi connectivity index (χ1v) is 11.2. The lowest BCUT2D eigenvalue weighted by Crippen LogP contribution is -2.46. The van der Waals surface area contributed by atoms with Gasteiger partial charge in [0.15, 0.2) is 0 Å². The maximum absolute atomic E-state index is 14.4. The molecule has 32 heavy (non-hydrogen) atoms. The van der Waals surface area contributed by atoms with Gasteiger partial charge in [-0.1, -0.05) is 32.0 Å². The zero-order valence-corrected chi connectivity index (χ0v) is 18.7. The predicted molar refractivity (Wildman–Crippen MR) is 115 cm³/mol. The van der Waals surface area contributed by atoms with E-state index >= 15 is 0 Å². The maximum atomic E-state index is 14.4. The van der Waals surface area contributed by atoms with Crippen LogP contribution in [0, 0.1) is 17.2 Å². The number of nitrogens with one attached hydrogen (secondary N) is 1. The zero-order chi connectivity index (χ0) is 23.2. The molecule has 4 rings (SSSR count). The minimum Gasteiger partial charge on any atom is -0.344 e. The Morgan fingerprint density at radius 2 is 2.09 bits per heavy atom. The van der Waals surface area contributed by atoms with Gasteiger partial charge in [0, 0.05) is 31.8 Å². The number of nitriles is 1. The summed E-state index contributed by atoms with van der Waals surface area (Å²) in [6, 6.07) is 6.45. The average molecular weight is 441 g/mol. The number of carbonyl (C=O) groups excluding carboxylic acids is 3. The topological polar surface area (TPSA) is 93.5 Å². The molecule has 170 valence electrons. The Balaban J connectivity index is 1.38. The quantitative estimate of drug-likeness (QED) is 0.778. The van der Waals surface area contributed by atoms with Crippen molar-refractivity contribution in [2.24, 2.45) is 5.92 Å². The lowest BCUT2D eigenvalue weighted by molar-refractivity contribution is -0.135. The molecule has 8 heteroatoms. The van der Waals surface area contributed by atoms with Crippen molar-refractivity contribution in [1.82, 2.24) is 15.1 Å². The Morgan fingerprint density at radius 1 is 1.34 bits per heavy atom. The average Bonchev–Trinajstić information content (AvgIpc) is 3.41. The zero-order valence-electron chi connectivity index (χ0n) is 18.7. The number of hydrogen-bond acceptors (Lipinski definition) is 4. The molecule has 4 atom stereocenters. The van der Waals surface area contributed by atoms with Crippen LogP contribution >= 0.6 is 0 Å². The predicted octanol–water partition coefficient (Wildman–Crippen LogP) is 2.40. The van der Waals surface area contributed by atoms with Crippen molar-refractivity contribution in [2.75, 3.05) is 6.54 Å². The monoisotopic (exact) mass is 440 g/mol. The van der Waals surface area contributed by atoms with E-state index in [2.05, 4.69) is 25.2 Å². The highest BCUT2D eigenvalue weighted by Gasteiger charge is 2.47. The number of alkyl halides is 1. The van der Waals surface area contributed by atoms with Crippen molar-refractivity contribution in [3.8, 4) is 6.07 Å². The molecule has 0 spiro atoms. The molecule has 3 heterocycles. The molecule has 7 nitrogen and oxygen atoms in total. The van der Waals surface area contributed by atoms with Crippen molar-refractivity contribution < 1.29 is 18.8 Å². The van der Waals surface area contributed by atoms with E-state index in [-0.39, 0.29) is 37.6 Å². The van der Waals surface area contributed by atoms with Crippen molar-refractivity contribution in [3.05, 3.63) is 34.9 Å². The fourth-order valence-corrected chi connectivity index (χ4v) is 5.17. The lowest BCUT2D eigenvalue weighted by atomic mass is 9.95. The van der Waals surface area contributed by atoms with Gasteiger partial charge in [-0.2, -0.15) is 5.26 Å². The Hall–Kier alpha value is -2.95. The highest BCUT2D eigenvalue weighted by Crippen LogP contribution is 2.33. The largest absolute Gasteiger partial charge is 0.344 e. The summed E-state index contributed by atoms with van der Waals surface area (Å²) in [4.78, 5) is 41.3. The summed E-state index contributed by atoms with van der Waals surface area (Å²) in [5.41, 5.74) is 1.94. The van der Waals surface area contributed by atoms with Gasteiger partial charge in [-0.15, -0.1) is 0 Å². The first-order valence-electron chi connectivity index (χ1n) is 11.2. The first kappa shape index (κ1) is 22.3. The maximum Gasteiger partial charge on any atom is 0.246 e. The molecule has 1 aromatic carbocycles. The Morgan fingerprint density at radius 3 is 2.78 bits per heavy atom. The van der Waals surface area contributed by atoms with Crippen molar-refractivity contribution in [1.29, 1.82) is 5.26 Å². The van der Waals surface area contributed by atoms with E-state index in [0.29, 0.717) is 19.0 Å². The molecule has 2 fully saturated rings. The van der Waals surface area contributed by atoms with Gasteiger partial charge in [-0.05, 0) is 36.0 Å². The molecular formula is C24H29FN4O3. The van der Waals surface area contributed by atoms with Gasteiger partial charge in [0.25, 0.3) is 0 Å². The summed E-state index contributed by atoms with van der Waals surface area (Å²) in [6.07, 6.45) is 0.175. The molecule has 1 unspecified atom stereocenters. The van der Waals surface area contributed by atoms with E-state index < -0.39 is 29.6 Å². The van der Waals surface area contributed by atoms with Crippen molar-refractivity contribution in [2.45, 2.75) is 76.8 Å². The van der Waals surface area contributed by atoms with Gasteiger partial charge in [0.05, 0.1) is 12.6 Å². The van der Waals surface area contributed by atoms with Crippen LogP contribution in [-0.2, 0) is 27.5 Å². The number of amides is 3.